The quantitative estimate of drug-likeness (QED) is 0.806. The summed E-state index contributed by atoms with van der Waals surface area (Å²) in [6.45, 7) is 2.36. The molecule has 6 heteroatoms. The van der Waals surface area contributed by atoms with Gasteiger partial charge in [0.05, 0.1) is 12.3 Å². The van der Waals surface area contributed by atoms with E-state index in [1.54, 1.807) is 31.2 Å². The third kappa shape index (κ3) is 2.47. The van der Waals surface area contributed by atoms with E-state index < -0.39 is 5.97 Å². The maximum Gasteiger partial charge on any atom is 0.354 e. The van der Waals surface area contributed by atoms with Gasteiger partial charge < -0.3 is 20.1 Å². The summed E-state index contributed by atoms with van der Waals surface area (Å²) in [6, 6.07) is 6.80. The van der Waals surface area contributed by atoms with Crippen LogP contribution in [-0.2, 0) is 6.42 Å². The number of nitrogens with one attached hydrogen (secondary N) is 2. The lowest BCUT2D eigenvalue weighted by molar-refractivity contribution is 0.0692. The van der Waals surface area contributed by atoms with Gasteiger partial charge in [-0.15, -0.1) is 0 Å². The van der Waals surface area contributed by atoms with Gasteiger partial charge >= 0.3 is 5.97 Å². The second-order valence-corrected chi connectivity index (χ2v) is 4.92. The fourth-order valence-electron chi connectivity index (χ4n) is 2.38. The number of carboxylic acid groups (broad SMARTS) is 1. The Kier molecular flexibility index (Phi) is 3.13. The van der Waals surface area contributed by atoms with Crippen molar-refractivity contribution in [2.45, 2.75) is 13.3 Å². The minimum Gasteiger partial charge on any atom is -0.493 e. The largest absolute Gasteiger partial charge is 0.493 e. The Bertz CT molecular complexity index is 733. The van der Waals surface area contributed by atoms with Gasteiger partial charge in [-0.2, -0.15) is 0 Å². The van der Waals surface area contributed by atoms with Crippen LogP contribution in [0.1, 0.15) is 32.1 Å². The van der Waals surface area contributed by atoms with Gasteiger partial charge in [-0.3, -0.25) is 4.79 Å². The Morgan fingerprint density at radius 2 is 2.14 bits per heavy atom. The fourth-order valence-corrected chi connectivity index (χ4v) is 2.38. The molecule has 1 amide bonds. The molecule has 1 aromatic carbocycles. The van der Waals surface area contributed by atoms with Crippen LogP contribution in [0.25, 0.3) is 0 Å². The molecule has 0 saturated carbocycles. The Morgan fingerprint density at radius 1 is 1.33 bits per heavy atom. The molecule has 6 nitrogen and oxygen atoms in total. The van der Waals surface area contributed by atoms with E-state index in [4.69, 9.17) is 9.84 Å². The van der Waals surface area contributed by atoms with Crippen molar-refractivity contribution in [3.05, 3.63) is 46.8 Å². The summed E-state index contributed by atoms with van der Waals surface area (Å²) in [5.74, 6) is -0.651. The van der Waals surface area contributed by atoms with E-state index in [1.165, 1.54) is 0 Å². The van der Waals surface area contributed by atoms with Crippen molar-refractivity contribution in [2.24, 2.45) is 0 Å². The highest BCUT2D eigenvalue weighted by Crippen LogP contribution is 2.26. The smallest absolute Gasteiger partial charge is 0.354 e. The minimum atomic E-state index is -1.11. The molecule has 108 valence electrons. The van der Waals surface area contributed by atoms with Crippen LogP contribution in [0.3, 0.4) is 0 Å². The number of aromatic carboxylic acids is 1. The molecule has 2 heterocycles. The summed E-state index contributed by atoms with van der Waals surface area (Å²) in [7, 11) is 0. The normalized spacial score (nSPS) is 12.6. The Hall–Kier alpha value is -2.76. The number of carboxylic acids is 1. The summed E-state index contributed by atoms with van der Waals surface area (Å²) < 4.78 is 5.39. The van der Waals surface area contributed by atoms with Gasteiger partial charge in [-0.05, 0) is 36.8 Å². The number of carbonyl (C=O) groups is 2. The first-order valence-electron chi connectivity index (χ1n) is 6.54. The second kappa shape index (κ2) is 4.97. The highest BCUT2D eigenvalue weighted by molar-refractivity contribution is 6.07. The zero-order valence-electron chi connectivity index (χ0n) is 11.4. The van der Waals surface area contributed by atoms with Crippen molar-refractivity contribution in [1.82, 2.24) is 4.98 Å². The summed E-state index contributed by atoms with van der Waals surface area (Å²) in [4.78, 5) is 26.1. The molecule has 0 saturated heterocycles. The van der Waals surface area contributed by atoms with Crippen LogP contribution in [-0.4, -0.2) is 28.6 Å². The number of aryl methyl sites for hydroxylation is 1. The molecule has 21 heavy (non-hydrogen) atoms. The number of rotatable bonds is 3. The average molecular weight is 286 g/mol. The van der Waals surface area contributed by atoms with Gasteiger partial charge in [-0.1, -0.05) is 0 Å². The molecule has 2 aromatic rings. The molecule has 3 rings (SSSR count). The lowest BCUT2D eigenvalue weighted by Gasteiger charge is -2.06. The number of ether oxygens (including phenoxy) is 1. The molecule has 0 aliphatic carbocycles. The molecule has 1 aliphatic heterocycles. The summed E-state index contributed by atoms with van der Waals surface area (Å²) in [6.07, 6.45) is 0.778. The SMILES string of the molecule is Cc1cc(NC(=O)c2ccc3c(c2)CCO3)c(C(=O)O)[nH]1. The van der Waals surface area contributed by atoms with Crippen molar-refractivity contribution in [3.8, 4) is 5.75 Å². The number of hydrogen-bond acceptors (Lipinski definition) is 3. The number of benzene rings is 1. The predicted octanol–water partition coefficient (Wildman–Crippen LogP) is 2.21. The van der Waals surface area contributed by atoms with E-state index in [9.17, 15) is 9.59 Å². The average Bonchev–Trinajstić information content (AvgIpc) is 3.04. The van der Waals surface area contributed by atoms with Crippen molar-refractivity contribution >= 4 is 17.6 Å². The van der Waals surface area contributed by atoms with Crippen LogP contribution in [0.4, 0.5) is 5.69 Å². The van der Waals surface area contributed by atoms with Crippen LogP contribution in [0, 0.1) is 6.92 Å². The maximum absolute atomic E-state index is 12.2. The Labute approximate surface area is 120 Å². The highest BCUT2D eigenvalue weighted by Gasteiger charge is 2.18. The predicted molar refractivity (Wildman–Crippen MR) is 76.1 cm³/mol. The number of fused-ring (bicyclic) bond motifs is 1. The highest BCUT2D eigenvalue weighted by atomic mass is 16.5. The van der Waals surface area contributed by atoms with Gasteiger partial charge in [0.2, 0.25) is 0 Å². The third-order valence-corrected chi connectivity index (χ3v) is 3.37. The molecule has 0 spiro atoms. The van der Waals surface area contributed by atoms with E-state index in [0.717, 1.165) is 17.7 Å². The van der Waals surface area contributed by atoms with E-state index in [0.29, 0.717) is 17.9 Å². The Balaban J connectivity index is 1.85. The van der Waals surface area contributed by atoms with Crippen LogP contribution in [0.15, 0.2) is 24.3 Å². The zero-order valence-corrected chi connectivity index (χ0v) is 11.4. The van der Waals surface area contributed by atoms with E-state index >= 15 is 0 Å². The zero-order chi connectivity index (χ0) is 15.0. The van der Waals surface area contributed by atoms with Crippen LogP contribution >= 0.6 is 0 Å². The van der Waals surface area contributed by atoms with Gasteiger partial charge in [-0.25, -0.2) is 4.79 Å². The summed E-state index contributed by atoms with van der Waals surface area (Å²) in [5.41, 5.74) is 2.39. The van der Waals surface area contributed by atoms with Gasteiger partial charge in [0, 0.05) is 17.7 Å². The van der Waals surface area contributed by atoms with Gasteiger partial charge in [0.25, 0.3) is 5.91 Å². The Morgan fingerprint density at radius 3 is 2.90 bits per heavy atom. The lowest BCUT2D eigenvalue weighted by Crippen LogP contribution is -2.14. The lowest BCUT2D eigenvalue weighted by atomic mass is 10.1. The summed E-state index contributed by atoms with van der Waals surface area (Å²) >= 11 is 0. The maximum atomic E-state index is 12.2. The van der Waals surface area contributed by atoms with Crippen molar-refractivity contribution in [2.75, 3.05) is 11.9 Å². The molecule has 0 unspecified atom stereocenters. The van der Waals surface area contributed by atoms with E-state index in [-0.39, 0.29) is 17.3 Å². The van der Waals surface area contributed by atoms with Crippen molar-refractivity contribution < 1.29 is 19.4 Å². The molecular weight excluding hydrogens is 272 g/mol. The number of aromatic nitrogens is 1. The molecular formula is C15H14N2O4. The monoisotopic (exact) mass is 286 g/mol. The fraction of sp³-hybridized carbons (Fsp3) is 0.200. The number of aromatic amines is 1. The number of carbonyl (C=O) groups excluding carboxylic acids is 1. The molecule has 0 bridgehead atoms. The molecule has 3 N–H and O–H groups in total. The first-order valence-corrected chi connectivity index (χ1v) is 6.54. The van der Waals surface area contributed by atoms with Crippen LogP contribution in [0.5, 0.6) is 5.75 Å². The van der Waals surface area contributed by atoms with E-state index in [1.807, 2.05) is 0 Å². The van der Waals surface area contributed by atoms with Crippen molar-refractivity contribution in [3.63, 3.8) is 0 Å². The van der Waals surface area contributed by atoms with Crippen LogP contribution in [0.2, 0.25) is 0 Å². The molecule has 0 atom stereocenters. The second-order valence-electron chi connectivity index (χ2n) is 4.92. The summed E-state index contributed by atoms with van der Waals surface area (Å²) in [5, 5.41) is 11.7. The number of hydrogen-bond donors (Lipinski definition) is 3. The van der Waals surface area contributed by atoms with Gasteiger partial charge in [0.1, 0.15) is 11.4 Å². The third-order valence-electron chi connectivity index (χ3n) is 3.37. The van der Waals surface area contributed by atoms with Gasteiger partial charge in [0.15, 0.2) is 0 Å². The number of H-pyrrole nitrogens is 1. The topological polar surface area (TPSA) is 91.4 Å². The molecule has 0 radical (unpaired) electrons. The number of anilines is 1. The standard InChI is InChI=1S/C15H14N2O4/c1-8-6-11(13(16-8)15(19)20)17-14(18)10-2-3-12-9(7-10)4-5-21-12/h2-3,6-7,16H,4-5H2,1H3,(H,17,18)(H,19,20). The van der Waals surface area contributed by atoms with Crippen LogP contribution < -0.4 is 10.1 Å². The first-order chi connectivity index (χ1) is 10.0. The molecule has 1 aliphatic rings. The minimum absolute atomic E-state index is 0.0228. The first kappa shape index (κ1) is 13.2. The molecule has 0 fully saturated rings. The van der Waals surface area contributed by atoms with Crippen molar-refractivity contribution in [1.29, 1.82) is 0 Å². The molecule has 1 aromatic heterocycles. The number of amides is 1. The van der Waals surface area contributed by atoms with E-state index in [2.05, 4.69) is 10.3 Å².